The second-order valence-electron chi connectivity index (χ2n) is 7.04. The van der Waals surface area contributed by atoms with E-state index in [1.165, 1.54) is 0 Å². The molecule has 1 aromatic carbocycles. The predicted molar refractivity (Wildman–Crippen MR) is 79.2 cm³/mol. The third kappa shape index (κ3) is 1.60. The summed E-state index contributed by atoms with van der Waals surface area (Å²) in [5.41, 5.74) is 0.206. The van der Waals surface area contributed by atoms with Crippen molar-refractivity contribution >= 4 is 5.91 Å². The minimum Gasteiger partial charge on any atom is -0.367 e. The highest BCUT2D eigenvalue weighted by molar-refractivity contribution is 5.91. The summed E-state index contributed by atoms with van der Waals surface area (Å²) in [6, 6.07) is 8.17. The first-order valence-electron chi connectivity index (χ1n) is 7.88. The standard InChI is InChI=1S/C17H22N2O2/c1-11(2)16-10-17(21,19(15(16)20)13-7-8-13)14-6-4-3-5-12(14)9-18-16/h3-6,11,13,18,21H,7-10H2,1-2H3/t16-,17-/m0/s1. The van der Waals surface area contributed by atoms with Crippen molar-refractivity contribution in [3.05, 3.63) is 35.4 Å². The summed E-state index contributed by atoms with van der Waals surface area (Å²) in [5, 5.41) is 15.0. The van der Waals surface area contributed by atoms with E-state index in [4.69, 9.17) is 0 Å². The van der Waals surface area contributed by atoms with Crippen LogP contribution in [0.3, 0.4) is 0 Å². The van der Waals surface area contributed by atoms with Crippen LogP contribution in [0.5, 0.6) is 0 Å². The Morgan fingerprint density at radius 2 is 2.05 bits per heavy atom. The molecule has 2 N–H and O–H groups in total. The van der Waals surface area contributed by atoms with Gasteiger partial charge in [-0.3, -0.25) is 10.1 Å². The Labute approximate surface area is 125 Å². The Bertz CT molecular complexity index is 611. The first kappa shape index (κ1) is 13.3. The first-order chi connectivity index (χ1) is 9.99. The maximum absolute atomic E-state index is 13.1. The summed E-state index contributed by atoms with van der Waals surface area (Å²) in [7, 11) is 0. The minimum absolute atomic E-state index is 0.0806. The lowest BCUT2D eigenvalue weighted by Crippen LogP contribution is -2.56. The maximum atomic E-state index is 13.1. The Balaban J connectivity index is 1.93. The fourth-order valence-corrected chi connectivity index (χ4v) is 4.07. The highest BCUT2D eigenvalue weighted by Gasteiger charge is 2.65. The molecule has 4 heteroatoms. The molecule has 2 heterocycles. The van der Waals surface area contributed by atoms with E-state index in [0.29, 0.717) is 13.0 Å². The lowest BCUT2D eigenvalue weighted by molar-refractivity contribution is -0.151. The number of aliphatic hydroxyl groups is 1. The molecule has 1 saturated carbocycles. The van der Waals surface area contributed by atoms with Gasteiger partial charge in [-0.25, -0.2) is 0 Å². The van der Waals surface area contributed by atoms with Crippen molar-refractivity contribution in [1.82, 2.24) is 10.2 Å². The van der Waals surface area contributed by atoms with Crippen LogP contribution in [0.15, 0.2) is 24.3 Å². The quantitative estimate of drug-likeness (QED) is 0.870. The van der Waals surface area contributed by atoms with Crippen LogP contribution in [0.25, 0.3) is 0 Å². The summed E-state index contributed by atoms with van der Waals surface area (Å²) in [4.78, 5) is 14.9. The number of rotatable bonds is 2. The highest BCUT2D eigenvalue weighted by Crippen LogP contribution is 2.52. The second kappa shape index (κ2) is 4.08. The van der Waals surface area contributed by atoms with E-state index in [9.17, 15) is 9.90 Å². The highest BCUT2D eigenvalue weighted by atomic mass is 16.3. The number of fused-ring (bicyclic) bond motifs is 4. The molecule has 112 valence electrons. The summed E-state index contributed by atoms with van der Waals surface area (Å²) in [5.74, 6) is 0.228. The third-order valence-electron chi connectivity index (χ3n) is 5.46. The molecular weight excluding hydrogens is 264 g/mol. The van der Waals surface area contributed by atoms with Crippen molar-refractivity contribution in [3.8, 4) is 0 Å². The van der Waals surface area contributed by atoms with Gasteiger partial charge in [0, 0.05) is 24.6 Å². The number of nitrogens with one attached hydrogen (secondary N) is 1. The molecule has 21 heavy (non-hydrogen) atoms. The summed E-state index contributed by atoms with van der Waals surface area (Å²) in [6.45, 7) is 4.77. The van der Waals surface area contributed by atoms with Gasteiger partial charge in [-0.05, 0) is 24.3 Å². The minimum atomic E-state index is -1.15. The van der Waals surface area contributed by atoms with Crippen molar-refractivity contribution in [2.45, 2.75) is 57.0 Å². The van der Waals surface area contributed by atoms with Gasteiger partial charge in [0.25, 0.3) is 0 Å². The van der Waals surface area contributed by atoms with Crippen LogP contribution in [0.1, 0.15) is 44.2 Å². The third-order valence-corrected chi connectivity index (χ3v) is 5.46. The number of nitrogens with zero attached hydrogens (tertiary/aromatic N) is 1. The van der Waals surface area contributed by atoms with Crippen molar-refractivity contribution in [2.75, 3.05) is 0 Å². The molecule has 0 aromatic heterocycles. The van der Waals surface area contributed by atoms with E-state index < -0.39 is 11.3 Å². The number of amides is 1. The van der Waals surface area contributed by atoms with Crippen LogP contribution in [0, 0.1) is 5.92 Å². The van der Waals surface area contributed by atoms with Gasteiger partial charge in [0.1, 0.15) is 5.54 Å². The summed E-state index contributed by atoms with van der Waals surface area (Å²) in [6.07, 6.45) is 2.46. The van der Waals surface area contributed by atoms with Gasteiger partial charge >= 0.3 is 0 Å². The van der Waals surface area contributed by atoms with E-state index in [-0.39, 0.29) is 17.9 Å². The van der Waals surface area contributed by atoms with E-state index in [1.807, 2.05) is 24.3 Å². The van der Waals surface area contributed by atoms with Crippen LogP contribution in [-0.2, 0) is 17.1 Å². The molecule has 0 spiro atoms. The smallest absolute Gasteiger partial charge is 0.246 e. The normalized spacial score (nSPS) is 35.0. The zero-order valence-electron chi connectivity index (χ0n) is 12.6. The Hall–Kier alpha value is -1.39. The lowest BCUT2D eigenvalue weighted by Gasteiger charge is -2.36. The van der Waals surface area contributed by atoms with Gasteiger partial charge in [0.15, 0.2) is 5.72 Å². The number of likely N-dealkylation sites (tertiary alicyclic amines) is 1. The molecule has 0 radical (unpaired) electrons. The number of benzene rings is 1. The molecule has 1 saturated heterocycles. The van der Waals surface area contributed by atoms with Crippen molar-refractivity contribution in [1.29, 1.82) is 0 Å². The predicted octanol–water partition coefficient (Wildman–Crippen LogP) is 1.72. The van der Waals surface area contributed by atoms with Gasteiger partial charge < -0.3 is 10.0 Å². The monoisotopic (exact) mass is 286 g/mol. The fraction of sp³-hybridized carbons (Fsp3) is 0.588. The van der Waals surface area contributed by atoms with Crippen LogP contribution < -0.4 is 5.32 Å². The van der Waals surface area contributed by atoms with Crippen molar-refractivity contribution < 1.29 is 9.90 Å². The maximum Gasteiger partial charge on any atom is 0.246 e. The second-order valence-corrected chi connectivity index (χ2v) is 7.04. The zero-order valence-corrected chi connectivity index (χ0v) is 12.6. The number of carbonyl (C=O) groups is 1. The molecule has 0 unspecified atom stereocenters. The Kier molecular flexibility index (Phi) is 2.58. The molecule has 4 nitrogen and oxygen atoms in total. The molecule has 1 aliphatic carbocycles. The average Bonchev–Trinajstić information content (AvgIpc) is 3.25. The molecule has 1 aromatic rings. The summed E-state index contributed by atoms with van der Waals surface area (Å²) < 4.78 is 0. The molecule has 2 fully saturated rings. The van der Waals surface area contributed by atoms with Gasteiger partial charge in [0.05, 0.1) is 0 Å². The Morgan fingerprint density at radius 3 is 2.71 bits per heavy atom. The molecular formula is C17H22N2O2. The van der Waals surface area contributed by atoms with Crippen LogP contribution >= 0.6 is 0 Å². The van der Waals surface area contributed by atoms with Crippen LogP contribution in [0.4, 0.5) is 0 Å². The lowest BCUT2D eigenvalue weighted by atomic mass is 9.82. The number of carbonyl (C=O) groups excluding carboxylic acids is 1. The number of hydrogen-bond donors (Lipinski definition) is 2. The molecule has 2 bridgehead atoms. The molecule has 2 aliphatic heterocycles. The topological polar surface area (TPSA) is 52.6 Å². The van der Waals surface area contributed by atoms with Crippen molar-refractivity contribution in [3.63, 3.8) is 0 Å². The van der Waals surface area contributed by atoms with E-state index in [0.717, 1.165) is 24.0 Å². The van der Waals surface area contributed by atoms with Crippen molar-refractivity contribution in [2.24, 2.45) is 5.92 Å². The molecule has 1 amide bonds. The van der Waals surface area contributed by atoms with Gasteiger partial charge in [-0.15, -0.1) is 0 Å². The van der Waals surface area contributed by atoms with Gasteiger partial charge in [-0.2, -0.15) is 0 Å². The molecule has 2 atom stereocenters. The average molecular weight is 286 g/mol. The van der Waals surface area contributed by atoms with Crippen LogP contribution in [-0.4, -0.2) is 27.5 Å². The fourth-order valence-electron chi connectivity index (χ4n) is 4.07. The SMILES string of the molecule is CC(C)[C@]12C[C@](O)(c3ccccc3CN1)N(C1CC1)C2=O. The summed E-state index contributed by atoms with van der Waals surface area (Å²) >= 11 is 0. The van der Waals surface area contributed by atoms with Crippen LogP contribution in [0.2, 0.25) is 0 Å². The first-order valence-corrected chi connectivity index (χ1v) is 7.88. The van der Waals surface area contributed by atoms with Gasteiger partial charge in [0.2, 0.25) is 5.91 Å². The molecule has 4 rings (SSSR count). The largest absolute Gasteiger partial charge is 0.367 e. The number of hydrogen-bond acceptors (Lipinski definition) is 3. The Morgan fingerprint density at radius 1 is 1.33 bits per heavy atom. The van der Waals surface area contributed by atoms with E-state index in [1.54, 1.807) is 4.90 Å². The van der Waals surface area contributed by atoms with E-state index >= 15 is 0 Å². The zero-order chi connectivity index (χ0) is 14.8. The van der Waals surface area contributed by atoms with E-state index in [2.05, 4.69) is 19.2 Å². The molecule has 3 aliphatic rings. The van der Waals surface area contributed by atoms with Gasteiger partial charge in [-0.1, -0.05) is 38.1 Å².